The van der Waals surface area contributed by atoms with Crippen molar-refractivity contribution in [3.05, 3.63) is 59.7 Å². The van der Waals surface area contributed by atoms with Crippen LogP contribution in [0.25, 0.3) is 10.8 Å². The van der Waals surface area contributed by atoms with Crippen molar-refractivity contribution >= 4 is 22.7 Å². The van der Waals surface area contributed by atoms with Crippen LogP contribution in [0.2, 0.25) is 0 Å². The number of benzene rings is 2. The highest BCUT2D eigenvalue weighted by atomic mass is 16.5. The molecule has 4 heteroatoms. The summed E-state index contributed by atoms with van der Waals surface area (Å²) in [6.07, 6.45) is 4.07. The number of rotatable bonds is 5. The highest BCUT2D eigenvalue weighted by molar-refractivity contribution is 6.02. The predicted molar refractivity (Wildman–Crippen MR) is 113 cm³/mol. The van der Waals surface area contributed by atoms with Gasteiger partial charge < -0.3 is 9.47 Å². The summed E-state index contributed by atoms with van der Waals surface area (Å²) in [5, 5.41) is 1.60. The van der Waals surface area contributed by atoms with Gasteiger partial charge in [0.2, 0.25) is 0 Å². The molecule has 150 valence electrons. The van der Waals surface area contributed by atoms with Crippen LogP contribution in [-0.2, 0) is 16.0 Å². The van der Waals surface area contributed by atoms with Gasteiger partial charge in [0.25, 0.3) is 0 Å². The van der Waals surface area contributed by atoms with E-state index in [9.17, 15) is 9.59 Å². The molecule has 29 heavy (non-hydrogen) atoms. The molecule has 2 bridgehead atoms. The summed E-state index contributed by atoms with van der Waals surface area (Å²) in [5.74, 6) is 1.38. The third kappa shape index (κ3) is 3.07. The van der Waals surface area contributed by atoms with Crippen molar-refractivity contribution in [1.29, 1.82) is 0 Å². The number of hydrogen-bond donors (Lipinski definition) is 0. The first-order valence-electron chi connectivity index (χ1n) is 10.2. The summed E-state index contributed by atoms with van der Waals surface area (Å²) in [7, 11) is 0. The van der Waals surface area contributed by atoms with Crippen LogP contribution in [0, 0.1) is 5.92 Å². The number of esters is 2. The molecule has 4 rings (SSSR count). The van der Waals surface area contributed by atoms with Crippen LogP contribution in [0.3, 0.4) is 0 Å². The van der Waals surface area contributed by atoms with Crippen LogP contribution in [0.1, 0.15) is 62.1 Å². The van der Waals surface area contributed by atoms with E-state index in [1.807, 2.05) is 18.2 Å². The number of hydrogen-bond acceptors (Lipinski definition) is 4. The van der Waals surface area contributed by atoms with Gasteiger partial charge in [-0.1, -0.05) is 39.1 Å². The van der Waals surface area contributed by atoms with Gasteiger partial charge in [-0.05, 0) is 55.6 Å². The van der Waals surface area contributed by atoms with Crippen molar-refractivity contribution in [2.24, 2.45) is 5.92 Å². The lowest BCUT2D eigenvalue weighted by atomic mass is 9.81. The maximum absolute atomic E-state index is 12.4. The molecule has 0 N–H and O–H groups in total. The minimum absolute atomic E-state index is 0.291. The maximum atomic E-state index is 12.4. The Labute approximate surface area is 171 Å². The van der Waals surface area contributed by atoms with E-state index in [1.165, 1.54) is 6.08 Å². The zero-order chi connectivity index (χ0) is 20.9. The normalized spacial score (nSPS) is 21.7. The van der Waals surface area contributed by atoms with E-state index in [2.05, 4.69) is 27.0 Å². The van der Waals surface area contributed by atoms with Gasteiger partial charge in [-0.3, -0.25) is 0 Å². The van der Waals surface area contributed by atoms with Crippen molar-refractivity contribution < 1.29 is 19.1 Å². The Morgan fingerprint density at radius 1 is 1.14 bits per heavy atom. The first-order chi connectivity index (χ1) is 13.8. The molecule has 1 saturated carbocycles. The van der Waals surface area contributed by atoms with E-state index >= 15 is 0 Å². The quantitative estimate of drug-likeness (QED) is 0.380. The Bertz CT molecular complexity index is 1060. The smallest absolute Gasteiger partial charge is 0.338 e. The fourth-order valence-corrected chi connectivity index (χ4v) is 4.93. The number of carbonyl (C=O) groups is 2. The van der Waals surface area contributed by atoms with Crippen molar-refractivity contribution in [3.63, 3.8) is 0 Å². The Hall–Kier alpha value is -2.88. The van der Waals surface area contributed by atoms with Crippen LogP contribution in [0.15, 0.2) is 43.0 Å². The Morgan fingerprint density at radius 3 is 2.52 bits per heavy atom. The van der Waals surface area contributed by atoms with Gasteiger partial charge in [0.1, 0.15) is 11.5 Å². The molecule has 3 unspecified atom stereocenters. The average molecular weight is 390 g/mol. The summed E-state index contributed by atoms with van der Waals surface area (Å²) >= 11 is 0. The largest absolute Gasteiger partial charge is 0.422 e. The van der Waals surface area contributed by atoms with Crippen LogP contribution in [0.4, 0.5) is 0 Å². The lowest BCUT2D eigenvalue weighted by Gasteiger charge is -2.27. The molecule has 0 heterocycles. The second kappa shape index (κ2) is 7.18. The number of carbonyl (C=O) groups excluding carboxylic acids is 2. The fourth-order valence-electron chi connectivity index (χ4n) is 4.93. The second-order valence-corrected chi connectivity index (χ2v) is 8.27. The first-order valence-corrected chi connectivity index (χ1v) is 10.2. The van der Waals surface area contributed by atoms with Crippen LogP contribution >= 0.6 is 0 Å². The standard InChI is InChI=1S/C25H26O4/c1-6-15-8-9-17-19(11-15)24(28-20(26)7-2)22-18-12-16(10-14(18)5)21(22)23(17)29-25(27)13(3)4/h7-9,11,14,16,18H,2-3,6,10,12H2,1,4-5H3. The molecule has 0 aromatic heterocycles. The molecule has 2 aliphatic rings. The summed E-state index contributed by atoms with van der Waals surface area (Å²) in [5.41, 5.74) is 3.53. The molecular formula is C25H26O4. The van der Waals surface area contributed by atoms with E-state index in [0.717, 1.165) is 46.7 Å². The lowest BCUT2D eigenvalue weighted by Crippen LogP contribution is -2.16. The van der Waals surface area contributed by atoms with Crippen molar-refractivity contribution in [1.82, 2.24) is 0 Å². The van der Waals surface area contributed by atoms with Crippen LogP contribution in [-0.4, -0.2) is 11.9 Å². The molecule has 2 aromatic rings. The summed E-state index contributed by atoms with van der Waals surface area (Å²) in [6, 6.07) is 6.04. The average Bonchev–Trinajstić information content (AvgIpc) is 3.26. The first kappa shape index (κ1) is 19.4. The molecule has 1 fully saturated rings. The van der Waals surface area contributed by atoms with Gasteiger partial charge in [0.15, 0.2) is 0 Å². The number of ether oxygens (including phenoxy) is 2. The monoisotopic (exact) mass is 390 g/mol. The molecule has 3 atom stereocenters. The highest BCUT2D eigenvalue weighted by Crippen LogP contribution is 2.63. The maximum Gasteiger partial charge on any atom is 0.338 e. The molecule has 2 aromatic carbocycles. The summed E-state index contributed by atoms with van der Waals surface area (Å²) in [4.78, 5) is 24.6. The lowest BCUT2D eigenvalue weighted by molar-refractivity contribution is -0.130. The Morgan fingerprint density at radius 2 is 1.86 bits per heavy atom. The zero-order valence-corrected chi connectivity index (χ0v) is 17.2. The van der Waals surface area contributed by atoms with E-state index in [0.29, 0.717) is 34.8 Å². The van der Waals surface area contributed by atoms with Crippen molar-refractivity contribution in [2.75, 3.05) is 0 Å². The zero-order valence-electron chi connectivity index (χ0n) is 17.2. The van der Waals surface area contributed by atoms with Gasteiger partial charge in [-0.25, -0.2) is 9.59 Å². The second-order valence-electron chi connectivity index (χ2n) is 8.27. The number of fused-ring (bicyclic) bond motifs is 6. The fraction of sp³-hybridized carbons (Fsp3) is 0.360. The molecule has 0 amide bonds. The third-order valence-electron chi connectivity index (χ3n) is 6.33. The molecule has 0 radical (unpaired) electrons. The van der Waals surface area contributed by atoms with Gasteiger partial charge in [-0.15, -0.1) is 0 Å². The van der Waals surface area contributed by atoms with Gasteiger partial charge in [-0.2, -0.15) is 0 Å². The number of aryl methyl sites for hydroxylation is 1. The molecule has 0 spiro atoms. The highest BCUT2D eigenvalue weighted by Gasteiger charge is 2.47. The van der Waals surface area contributed by atoms with Crippen molar-refractivity contribution in [2.45, 2.75) is 51.9 Å². The van der Waals surface area contributed by atoms with Crippen molar-refractivity contribution in [3.8, 4) is 11.5 Å². The van der Waals surface area contributed by atoms with Gasteiger partial charge in [0, 0.05) is 33.5 Å². The van der Waals surface area contributed by atoms with E-state index in [1.54, 1.807) is 6.92 Å². The summed E-state index contributed by atoms with van der Waals surface area (Å²) in [6.45, 7) is 13.2. The summed E-state index contributed by atoms with van der Waals surface area (Å²) < 4.78 is 11.7. The Kier molecular flexibility index (Phi) is 4.81. The molecule has 4 nitrogen and oxygen atoms in total. The molecule has 0 saturated heterocycles. The van der Waals surface area contributed by atoms with E-state index in [-0.39, 0.29) is 0 Å². The molecule has 2 aliphatic carbocycles. The van der Waals surface area contributed by atoms with Gasteiger partial charge >= 0.3 is 11.9 Å². The minimum Gasteiger partial charge on any atom is -0.422 e. The SMILES string of the molecule is C=CC(=O)Oc1c2c(c(OC(=O)C(=C)C)c3ccc(CC)cc13)C1CC(C)C2C1. The molecule has 0 aliphatic heterocycles. The third-order valence-corrected chi connectivity index (χ3v) is 6.33. The van der Waals surface area contributed by atoms with Gasteiger partial charge in [0.05, 0.1) is 0 Å². The Balaban J connectivity index is 2.05. The minimum atomic E-state index is -0.475. The van der Waals surface area contributed by atoms with E-state index < -0.39 is 11.9 Å². The predicted octanol–water partition coefficient (Wildman–Crippen LogP) is 5.59. The topological polar surface area (TPSA) is 52.6 Å². The van der Waals surface area contributed by atoms with Crippen LogP contribution in [0.5, 0.6) is 11.5 Å². The van der Waals surface area contributed by atoms with E-state index in [4.69, 9.17) is 9.47 Å². The van der Waals surface area contributed by atoms with Crippen LogP contribution < -0.4 is 9.47 Å². The molecular weight excluding hydrogens is 364 g/mol.